The maximum atomic E-state index is 14.0. The van der Waals surface area contributed by atoms with Crippen LogP contribution in [0.2, 0.25) is 0 Å². The summed E-state index contributed by atoms with van der Waals surface area (Å²) in [5.74, 6) is -1.15. The van der Waals surface area contributed by atoms with Gasteiger partial charge in [-0.1, -0.05) is 68.4 Å². The summed E-state index contributed by atoms with van der Waals surface area (Å²) in [6.07, 6.45) is 0. The summed E-state index contributed by atoms with van der Waals surface area (Å²) in [4.78, 5) is 14.6. The Morgan fingerprint density at radius 2 is 1.56 bits per heavy atom. The summed E-state index contributed by atoms with van der Waals surface area (Å²) in [5, 5.41) is 10.7. The van der Waals surface area contributed by atoms with Crippen LogP contribution >= 0.6 is 0 Å². The smallest absolute Gasteiger partial charge is 0.262 e. The van der Waals surface area contributed by atoms with E-state index < -0.39 is 22.0 Å². The quantitative estimate of drug-likeness (QED) is 0.400. The zero-order valence-electron chi connectivity index (χ0n) is 18.7. The molecule has 0 heterocycles. The van der Waals surface area contributed by atoms with Crippen molar-refractivity contribution in [1.82, 2.24) is 9.79 Å². The second-order valence-corrected chi connectivity index (χ2v) is 10.1. The Labute approximate surface area is 189 Å². The van der Waals surface area contributed by atoms with E-state index in [1.54, 1.807) is 37.5 Å². The molecule has 0 saturated carbocycles. The minimum atomic E-state index is -4.12. The number of benzene rings is 3. The van der Waals surface area contributed by atoms with E-state index in [4.69, 9.17) is 0 Å². The van der Waals surface area contributed by atoms with Crippen molar-refractivity contribution in [1.29, 1.82) is 0 Å². The zero-order valence-corrected chi connectivity index (χ0v) is 19.5. The topological polar surface area (TPSA) is 90.0 Å². The molecule has 2 N–H and O–H groups in total. The van der Waals surface area contributed by atoms with Crippen molar-refractivity contribution in [2.75, 3.05) is 19.0 Å². The average molecular weight is 456 g/mol. The van der Waals surface area contributed by atoms with Crippen LogP contribution in [-0.2, 0) is 21.4 Å². The molecule has 1 amide bonds. The van der Waals surface area contributed by atoms with Crippen molar-refractivity contribution >= 4 is 32.4 Å². The Balaban J connectivity index is 2.24. The van der Waals surface area contributed by atoms with Gasteiger partial charge < -0.3 is 4.90 Å². The van der Waals surface area contributed by atoms with Crippen LogP contribution < -0.4 is 10.4 Å². The molecule has 0 fully saturated rings. The number of nitrogens with one attached hydrogen (secondary N) is 1. The fourth-order valence-corrected chi connectivity index (χ4v) is 5.85. The van der Waals surface area contributed by atoms with Crippen molar-refractivity contribution in [3.63, 3.8) is 0 Å². The molecule has 0 aliphatic carbocycles. The number of carbonyl (C=O) groups is 1. The van der Waals surface area contributed by atoms with E-state index in [-0.39, 0.29) is 17.4 Å². The van der Waals surface area contributed by atoms with Gasteiger partial charge in [0, 0.05) is 37.1 Å². The largest absolute Gasteiger partial charge is 0.377 e. The van der Waals surface area contributed by atoms with E-state index >= 15 is 0 Å². The lowest BCUT2D eigenvalue weighted by Gasteiger charge is -2.32. The third-order valence-electron chi connectivity index (χ3n) is 5.43. The number of amides is 1. The molecule has 3 rings (SSSR count). The average Bonchev–Trinajstić information content (AvgIpc) is 2.77. The molecule has 0 unspecified atom stereocenters. The van der Waals surface area contributed by atoms with Gasteiger partial charge in [0.2, 0.25) is 10.0 Å². The number of hydrogen-bond acceptors (Lipinski definition) is 5. The highest BCUT2D eigenvalue weighted by molar-refractivity contribution is 7.89. The van der Waals surface area contributed by atoms with E-state index in [0.717, 1.165) is 16.6 Å². The van der Waals surface area contributed by atoms with Crippen LogP contribution in [0.25, 0.3) is 10.8 Å². The van der Waals surface area contributed by atoms with Gasteiger partial charge in [-0.2, -0.15) is 4.31 Å². The molecule has 0 aliphatic heterocycles. The van der Waals surface area contributed by atoms with Gasteiger partial charge in [-0.05, 0) is 23.6 Å². The van der Waals surface area contributed by atoms with Gasteiger partial charge in [-0.25, -0.2) is 13.9 Å². The number of hydroxylamine groups is 1. The Kier molecular flexibility index (Phi) is 7.18. The molecule has 8 heteroatoms. The number of hydrogen-bond donors (Lipinski definition) is 2. The van der Waals surface area contributed by atoms with Crippen LogP contribution in [0.1, 0.15) is 19.4 Å². The second kappa shape index (κ2) is 9.68. The lowest BCUT2D eigenvalue weighted by Crippen LogP contribution is -2.51. The van der Waals surface area contributed by atoms with E-state index in [0.29, 0.717) is 5.39 Å². The summed E-state index contributed by atoms with van der Waals surface area (Å²) in [5.41, 5.74) is 3.27. The Bertz CT molecular complexity index is 1190. The van der Waals surface area contributed by atoms with Crippen LogP contribution in [0.15, 0.2) is 71.6 Å². The van der Waals surface area contributed by atoms with Crippen LogP contribution in [0.3, 0.4) is 0 Å². The Hall–Kier alpha value is -2.94. The van der Waals surface area contributed by atoms with Gasteiger partial charge >= 0.3 is 0 Å². The molecule has 3 aromatic rings. The molecule has 0 saturated heterocycles. The maximum Gasteiger partial charge on any atom is 0.262 e. The first-order valence-corrected chi connectivity index (χ1v) is 11.8. The third kappa shape index (κ3) is 4.62. The summed E-state index contributed by atoms with van der Waals surface area (Å²) in [7, 11) is -0.323. The molecular formula is C24H29N3O4S. The van der Waals surface area contributed by atoms with Crippen LogP contribution in [0.5, 0.6) is 0 Å². The monoisotopic (exact) mass is 455 g/mol. The molecular weight excluding hydrogens is 426 g/mol. The highest BCUT2D eigenvalue weighted by Crippen LogP contribution is 2.33. The number of fused-ring (bicyclic) bond motifs is 1. The molecule has 3 aromatic carbocycles. The number of carbonyl (C=O) groups excluding carboxylic acids is 1. The van der Waals surface area contributed by atoms with Crippen molar-refractivity contribution in [2.24, 2.45) is 5.92 Å². The summed E-state index contributed by atoms with van der Waals surface area (Å²) in [6.45, 7) is 3.49. The predicted molar refractivity (Wildman–Crippen MR) is 126 cm³/mol. The summed E-state index contributed by atoms with van der Waals surface area (Å²) in [6, 6.07) is 18.7. The number of nitrogens with zero attached hydrogens (tertiary/aromatic N) is 2. The van der Waals surface area contributed by atoms with Crippen LogP contribution in [-0.4, -0.2) is 44.0 Å². The Morgan fingerprint density at radius 1 is 0.938 bits per heavy atom. The Morgan fingerprint density at radius 3 is 2.16 bits per heavy atom. The predicted octanol–water partition coefficient (Wildman–Crippen LogP) is 3.63. The SMILES string of the molecule is CC(C)[C@@H](C(=O)NO)N(Cc1ccccc1)S(=O)(=O)c1cccc2c(N(C)C)cccc12. The first-order chi connectivity index (χ1) is 15.2. The number of anilines is 1. The lowest BCUT2D eigenvalue weighted by atomic mass is 10.0. The lowest BCUT2D eigenvalue weighted by molar-refractivity contribution is -0.134. The van der Waals surface area contributed by atoms with Crippen molar-refractivity contribution < 1.29 is 18.4 Å². The van der Waals surface area contributed by atoms with Gasteiger partial charge in [0.15, 0.2) is 0 Å². The first kappa shape index (κ1) is 23.7. The maximum absolute atomic E-state index is 14.0. The van der Waals surface area contributed by atoms with Gasteiger partial charge in [-0.15, -0.1) is 0 Å². The van der Waals surface area contributed by atoms with Crippen molar-refractivity contribution in [2.45, 2.75) is 31.3 Å². The number of rotatable bonds is 8. The van der Waals surface area contributed by atoms with Gasteiger partial charge in [0.1, 0.15) is 6.04 Å². The molecule has 0 aliphatic rings. The summed E-state index contributed by atoms with van der Waals surface area (Å²) < 4.78 is 29.3. The van der Waals surface area contributed by atoms with E-state index in [1.807, 2.05) is 67.5 Å². The fourth-order valence-electron chi connectivity index (χ4n) is 3.93. The molecule has 170 valence electrons. The molecule has 32 heavy (non-hydrogen) atoms. The summed E-state index contributed by atoms with van der Waals surface area (Å²) >= 11 is 0. The normalized spacial score (nSPS) is 12.8. The first-order valence-electron chi connectivity index (χ1n) is 10.4. The molecule has 1 atom stereocenters. The molecule has 0 bridgehead atoms. The highest BCUT2D eigenvalue weighted by atomic mass is 32.2. The zero-order chi connectivity index (χ0) is 23.5. The van der Waals surface area contributed by atoms with E-state index in [2.05, 4.69) is 0 Å². The third-order valence-corrected chi connectivity index (χ3v) is 7.31. The van der Waals surface area contributed by atoms with E-state index in [9.17, 15) is 18.4 Å². The number of sulfonamides is 1. The molecule has 0 spiro atoms. The van der Waals surface area contributed by atoms with Crippen molar-refractivity contribution in [3.05, 3.63) is 72.3 Å². The van der Waals surface area contributed by atoms with Crippen molar-refractivity contribution in [3.8, 4) is 0 Å². The minimum Gasteiger partial charge on any atom is -0.377 e. The molecule has 7 nitrogen and oxygen atoms in total. The van der Waals surface area contributed by atoms with Crippen LogP contribution in [0.4, 0.5) is 5.69 Å². The fraction of sp³-hybridized carbons (Fsp3) is 0.292. The van der Waals surface area contributed by atoms with Gasteiger partial charge in [-0.3, -0.25) is 10.0 Å². The van der Waals surface area contributed by atoms with Gasteiger partial charge in [0.05, 0.1) is 4.90 Å². The highest BCUT2D eigenvalue weighted by Gasteiger charge is 2.38. The molecule has 0 aromatic heterocycles. The second-order valence-electron chi connectivity index (χ2n) is 8.22. The standard InChI is InChI=1S/C24H29N3O4S/c1-17(2)23(24(28)25-29)27(16-18-10-6-5-7-11-18)32(30,31)22-15-9-12-19-20(22)13-8-14-21(19)26(3)4/h5-15,17,23,29H,16H2,1-4H3,(H,25,28)/t23-/m0/s1. The minimum absolute atomic E-state index is 0.0107. The molecule has 0 radical (unpaired) electrons. The van der Waals surface area contributed by atoms with Gasteiger partial charge in [0.25, 0.3) is 5.91 Å². The van der Waals surface area contributed by atoms with E-state index in [1.165, 1.54) is 4.31 Å². The van der Waals surface area contributed by atoms with Crippen LogP contribution in [0, 0.1) is 5.92 Å².